The molecule has 3 rings (SSSR count). The average Bonchev–Trinajstić information content (AvgIpc) is 2.92. The summed E-state index contributed by atoms with van der Waals surface area (Å²) < 4.78 is 106. The van der Waals surface area contributed by atoms with Crippen molar-refractivity contribution in [2.45, 2.75) is 68.7 Å². The Labute approximate surface area is 244 Å². The number of nitrogens with two attached hydrogens (primary N) is 1. The number of hydrogen-bond donors (Lipinski definition) is 4. The van der Waals surface area contributed by atoms with Gasteiger partial charge in [-0.2, -0.15) is 26.3 Å². The zero-order valence-electron chi connectivity index (χ0n) is 23.2. The quantitative estimate of drug-likeness (QED) is 0.192. The number of carbonyl (C=O) groups is 2. The number of amides is 2. The predicted octanol–water partition coefficient (Wildman–Crippen LogP) is 4.50. The second kappa shape index (κ2) is 13.3. The van der Waals surface area contributed by atoms with Gasteiger partial charge in [0.05, 0.1) is 22.4 Å². The Morgan fingerprint density at radius 2 is 1.56 bits per heavy atom. The topological polar surface area (TPSA) is 143 Å². The molecular formula is C27H31F6N5O4S. The predicted molar refractivity (Wildman–Crippen MR) is 146 cm³/mol. The van der Waals surface area contributed by atoms with Gasteiger partial charge in [-0.05, 0) is 74.2 Å². The fraction of sp³-hybridized carbons (Fsp3) is 0.444. The van der Waals surface area contributed by atoms with Gasteiger partial charge >= 0.3 is 12.4 Å². The van der Waals surface area contributed by atoms with Crippen LogP contribution in [0.15, 0.2) is 46.3 Å². The summed E-state index contributed by atoms with van der Waals surface area (Å²) >= 11 is 0. The number of aryl methyl sites for hydroxylation is 1. The van der Waals surface area contributed by atoms with Crippen LogP contribution in [-0.2, 0) is 38.4 Å². The average molecular weight is 636 g/mol. The van der Waals surface area contributed by atoms with Gasteiger partial charge in [-0.25, -0.2) is 18.1 Å². The number of anilines is 1. The van der Waals surface area contributed by atoms with Gasteiger partial charge in [-0.1, -0.05) is 25.3 Å². The Hall–Kier alpha value is -3.66. The summed E-state index contributed by atoms with van der Waals surface area (Å²) in [5, 5.41) is 4.80. The number of nitrogens with zero attached hydrogens (tertiary/aromatic N) is 1. The van der Waals surface area contributed by atoms with Gasteiger partial charge in [-0.3, -0.25) is 14.9 Å². The van der Waals surface area contributed by atoms with Crippen molar-refractivity contribution in [1.29, 1.82) is 0 Å². The Morgan fingerprint density at radius 1 is 0.977 bits per heavy atom. The third-order valence-corrected chi connectivity index (χ3v) is 8.38. The minimum absolute atomic E-state index is 0.0454. The summed E-state index contributed by atoms with van der Waals surface area (Å²) in [6.07, 6.45) is -7.33. The number of carbonyl (C=O) groups excluding carboxylic acids is 2. The molecule has 1 saturated carbocycles. The third-order valence-electron chi connectivity index (χ3n) is 6.97. The second-order valence-electron chi connectivity index (χ2n) is 10.2. The monoisotopic (exact) mass is 635 g/mol. The van der Waals surface area contributed by atoms with Crippen LogP contribution in [-0.4, -0.2) is 39.3 Å². The Bertz CT molecular complexity index is 1450. The first-order valence-electron chi connectivity index (χ1n) is 13.2. The largest absolute Gasteiger partial charge is 0.416 e. The number of sulfonamides is 1. The number of halogens is 6. The van der Waals surface area contributed by atoms with Crippen LogP contribution in [0.5, 0.6) is 0 Å². The van der Waals surface area contributed by atoms with E-state index in [4.69, 9.17) is 5.73 Å². The summed E-state index contributed by atoms with van der Waals surface area (Å²) in [6, 6.07) is 3.84. The lowest BCUT2D eigenvalue weighted by molar-refractivity contribution is -0.143. The first kappa shape index (κ1) is 33.8. The summed E-state index contributed by atoms with van der Waals surface area (Å²) in [4.78, 5) is 30.1. The zero-order valence-corrected chi connectivity index (χ0v) is 24.0. The third kappa shape index (κ3) is 9.16. The van der Waals surface area contributed by atoms with Crippen LogP contribution in [0.3, 0.4) is 0 Å². The van der Waals surface area contributed by atoms with Crippen LogP contribution < -0.4 is 21.1 Å². The maximum Gasteiger partial charge on any atom is 0.416 e. The molecule has 0 aliphatic heterocycles. The molecule has 16 heteroatoms. The molecular weight excluding hydrogens is 604 g/mol. The number of guanidine groups is 1. The van der Waals surface area contributed by atoms with E-state index < -0.39 is 69.3 Å². The zero-order chi connectivity index (χ0) is 32.2. The fourth-order valence-corrected chi connectivity index (χ4v) is 5.49. The standard InChI is InChI=1S/C27H31F6N5O4S/c1-15-8-9-20(43(41,42)35-2)14-21(15)36-24(40)23(17-6-4-3-5-7-17)38-25(34)37-22(39)12-16-10-18(26(28,29)30)13-19(11-16)27(31,32)33/h8-11,13-14,17,23,35H,3-7,12H2,1-2H3,(H,36,40)(H3,34,37,38,39)/t23-/m1/s1. The summed E-state index contributed by atoms with van der Waals surface area (Å²) in [5.41, 5.74) is 2.95. The van der Waals surface area contributed by atoms with Crippen molar-refractivity contribution in [2.75, 3.05) is 12.4 Å². The summed E-state index contributed by atoms with van der Waals surface area (Å²) in [7, 11) is -2.58. The lowest BCUT2D eigenvalue weighted by Crippen LogP contribution is -2.42. The minimum Gasteiger partial charge on any atom is -0.370 e. The molecule has 0 bridgehead atoms. The highest BCUT2D eigenvalue weighted by Gasteiger charge is 2.37. The van der Waals surface area contributed by atoms with Crippen LogP contribution >= 0.6 is 0 Å². The van der Waals surface area contributed by atoms with E-state index in [1.807, 2.05) is 0 Å². The van der Waals surface area contributed by atoms with Crippen molar-refractivity contribution < 1.29 is 44.3 Å². The van der Waals surface area contributed by atoms with Gasteiger partial charge in [0.2, 0.25) is 21.8 Å². The van der Waals surface area contributed by atoms with Gasteiger partial charge < -0.3 is 11.1 Å². The molecule has 0 heterocycles. The van der Waals surface area contributed by atoms with Crippen LogP contribution in [0.1, 0.15) is 54.4 Å². The molecule has 2 amide bonds. The Kier molecular flexibility index (Phi) is 10.5. The van der Waals surface area contributed by atoms with E-state index in [0.29, 0.717) is 30.5 Å². The van der Waals surface area contributed by atoms with E-state index in [1.165, 1.54) is 25.2 Å². The smallest absolute Gasteiger partial charge is 0.370 e. The number of alkyl halides is 6. The number of nitrogens with one attached hydrogen (secondary N) is 3. The van der Waals surface area contributed by atoms with Crippen LogP contribution in [0, 0.1) is 12.8 Å². The summed E-state index contributed by atoms with van der Waals surface area (Å²) in [5.74, 6) is -2.54. The van der Waals surface area contributed by atoms with Crippen molar-refractivity contribution >= 4 is 33.5 Å². The van der Waals surface area contributed by atoms with Gasteiger partial charge in [0.25, 0.3) is 0 Å². The molecule has 236 valence electrons. The SMILES string of the molecule is CNS(=O)(=O)c1ccc(C)c(NC(=O)[C@H](N=C(N)NC(=O)Cc2cc(C(F)(F)F)cc(C(F)(F)F)c2)C2CCCCC2)c1. The van der Waals surface area contributed by atoms with E-state index >= 15 is 0 Å². The molecule has 2 aromatic carbocycles. The highest BCUT2D eigenvalue weighted by molar-refractivity contribution is 7.89. The summed E-state index contributed by atoms with van der Waals surface area (Å²) in [6.45, 7) is 1.65. The van der Waals surface area contributed by atoms with E-state index in [2.05, 4.69) is 20.3 Å². The van der Waals surface area contributed by atoms with Crippen molar-refractivity contribution in [1.82, 2.24) is 10.0 Å². The molecule has 0 aromatic heterocycles. The molecule has 9 nitrogen and oxygen atoms in total. The van der Waals surface area contributed by atoms with Gasteiger partial charge in [0.1, 0.15) is 6.04 Å². The second-order valence-corrected chi connectivity index (χ2v) is 12.1. The molecule has 0 unspecified atom stereocenters. The number of aliphatic imine (C=N–C) groups is 1. The molecule has 5 N–H and O–H groups in total. The van der Waals surface area contributed by atoms with Crippen LogP contribution in [0.2, 0.25) is 0 Å². The van der Waals surface area contributed by atoms with Crippen molar-refractivity contribution in [3.63, 3.8) is 0 Å². The van der Waals surface area contributed by atoms with E-state index in [-0.39, 0.29) is 22.6 Å². The maximum atomic E-state index is 13.4. The van der Waals surface area contributed by atoms with Crippen molar-refractivity contribution in [3.05, 3.63) is 58.7 Å². The van der Waals surface area contributed by atoms with E-state index in [1.54, 1.807) is 6.92 Å². The fourth-order valence-electron chi connectivity index (χ4n) is 4.73. The molecule has 0 spiro atoms. The van der Waals surface area contributed by atoms with E-state index in [9.17, 15) is 44.3 Å². The number of hydrogen-bond acceptors (Lipinski definition) is 5. The molecule has 1 aliphatic carbocycles. The van der Waals surface area contributed by atoms with Crippen LogP contribution in [0.25, 0.3) is 0 Å². The Morgan fingerprint density at radius 3 is 2.09 bits per heavy atom. The Balaban J connectivity index is 1.84. The lowest BCUT2D eigenvalue weighted by Gasteiger charge is -2.27. The number of benzene rings is 2. The molecule has 1 fully saturated rings. The lowest BCUT2D eigenvalue weighted by atomic mass is 9.83. The molecule has 43 heavy (non-hydrogen) atoms. The minimum atomic E-state index is -5.08. The van der Waals surface area contributed by atoms with Gasteiger partial charge in [-0.15, -0.1) is 0 Å². The maximum absolute atomic E-state index is 13.4. The van der Waals surface area contributed by atoms with Crippen molar-refractivity contribution in [3.8, 4) is 0 Å². The molecule has 1 aliphatic rings. The number of rotatable bonds is 8. The molecule has 2 aromatic rings. The van der Waals surface area contributed by atoms with Gasteiger partial charge in [0.15, 0.2) is 5.96 Å². The van der Waals surface area contributed by atoms with Gasteiger partial charge in [0, 0.05) is 5.69 Å². The molecule has 1 atom stereocenters. The first-order valence-corrected chi connectivity index (χ1v) is 14.7. The normalized spacial score (nSPS) is 16.0. The highest BCUT2D eigenvalue weighted by atomic mass is 32.2. The molecule has 0 radical (unpaired) electrons. The molecule has 0 saturated heterocycles. The van der Waals surface area contributed by atoms with E-state index in [0.717, 1.165) is 19.3 Å². The van der Waals surface area contributed by atoms with Crippen LogP contribution in [0.4, 0.5) is 32.0 Å². The van der Waals surface area contributed by atoms with Crippen molar-refractivity contribution in [2.24, 2.45) is 16.6 Å². The first-order chi connectivity index (χ1) is 19.9. The highest BCUT2D eigenvalue weighted by Crippen LogP contribution is 2.36.